The summed E-state index contributed by atoms with van der Waals surface area (Å²) in [6, 6.07) is -0.395. The van der Waals surface area contributed by atoms with E-state index in [1.165, 1.54) is 19.3 Å². The Morgan fingerprint density at radius 2 is 1.80 bits per heavy atom. The molecule has 0 saturated heterocycles. The van der Waals surface area contributed by atoms with Crippen LogP contribution in [0.25, 0.3) is 0 Å². The van der Waals surface area contributed by atoms with Crippen molar-refractivity contribution < 1.29 is 13.2 Å². The van der Waals surface area contributed by atoms with Gasteiger partial charge in [0.15, 0.2) is 0 Å². The van der Waals surface area contributed by atoms with Crippen LogP contribution in [0.3, 0.4) is 0 Å². The first-order valence-electron chi connectivity index (χ1n) is 5.75. The number of nitrogens with one attached hydrogen (secondary N) is 1. The first-order chi connectivity index (χ1) is 7.01. The van der Waals surface area contributed by atoms with Crippen molar-refractivity contribution in [1.82, 2.24) is 5.32 Å². The van der Waals surface area contributed by atoms with E-state index in [1.54, 1.807) is 7.05 Å². The quantitative estimate of drug-likeness (QED) is 0.769. The highest BCUT2D eigenvalue weighted by atomic mass is 19.4. The van der Waals surface area contributed by atoms with Crippen molar-refractivity contribution in [2.24, 2.45) is 5.92 Å². The molecule has 1 atom stereocenters. The Morgan fingerprint density at radius 3 is 2.27 bits per heavy atom. The summed E-state index contributed by atoms with van der Waals surface area (Å²) in [5.74, 6) is 0.499. The molecule has 0 amide bonds. The van der Waals surface area contributed by atoms with Crippen molar-refractivity contribution in [2.75, 3.05) is 7.05 Å². The number of halogens is 3. The first kappa shape index (κ1) is 12.8. The molecule has 0 aliphatic heterocycles. The molecule has 0 bridgehead atoms. The van der Waals surface area contributed by atoms with Crippen LogP contribution in [0.4, 0.5) is 13.2 Å². The molecular formula is C11H20F3N. The molecule has 0 radical (unpaired) electrons. The van der Waals surface area contributed by atoms with Crippen LogP contribution in [0.2, 0.25) is 0 Å². The van der Waals surface area contributed by atoms with Crippen molar-refractivity contribution in [3.8, 4) is 0 Å². The Kier molecular flexibility index (Phi) is 4.90. The van der Waals surface area contributed by atoms with Crippen LogP contribution in [0.5, 0.6) is 0 Å². The number of rotatable bonds is 4. The average Bonchev–Trinajstić information content (AvgIpc) is 2.16. The molecule has 1 saturated carbocycles. The van der Waals surface area contributed by atoms with Gasteiger partial charge in [-0.2, -0.15) is 13.2 Å². The molecule has 0 heterocycles. The topological polar surface area (TPSA) is 12.0 Å². The van der Waals surface area contributed by atoms with Gasteiger partial charge in [-0.25, -0.2) is 0 Å². The molecule has 1 fully saturated rings. The summed E-state index contributed by atoms with van der Waals surface area (Å²) in [5, 5.41) is 2.79. The summed E-state index contributed by atoms with van der Waals surface area (Å²) >= 11 is 0. The van der Waals surface area contributed by atoms with Crippen LogP contribution in [-0.2, 0) is 0 Å². The predicted molar refractivity (Wildman–Crippen MR) is 54.7 cm³/mol. The minimum Gasteiger partial charge on any atom is -0.317 e. The van der Waals surface area contributed by atoms with Crippen molar-refractivity contribution in [3.05, 3.63) is 0 Å². The third kappa shape index (κ3) is 5.40. The molecule has 0 spiro atoms. The summed E-state index contributed by atoms with van der Waals surface area (Å²) in [4.78, 5) is 0. The van der Waals surface area contributed by atoms with Crippen LogP contribution in [-0.4, -0.2) is 19.3 Å². The zero-order chi connectivity index (χ0) is 11.3. The lowest BCUT2D eigenvalue weighted by Crippen LogP contribution is -2.33. The number of alkyl halides is 3. The normalized spacial score (nSPS) is 21.6. The molecule has 0 aromatic heterocycles. The lowest BCUT2D eigenvalue weighted by Gasteiger charge is -2.26. The molecule has 1 aliphatic carbocycles. The van der Waals surface area contributed by atoms with Gasteiger partial charge >= 0.3 is 6.18 Å². The lowest BCUT2D eigenvalue weighted by molar-refractivity contribution is -0.140. The Hall–Kier alpha value is -0.250. The molecule has 1 N–H and O–H groups in total. The van der Waals surface area contributed by atoms with Gasteiger partial charge in [0.05, 0.1) is 6.42 Å². The van der Waals surface area contributed by atoms with E-state index in [0.717, 1.165) is 12.8 Å². The minimum absolute atomic E-state index is 0.395. The van der Waals surface area contributed by atoms with E-state index < -0.39 is 18.6 Å². The molecule has 1 unspecified atom stereocenters. The molecule has 1 aliphatic rings. The van der Waals surface area contributed by atoms with E-state index in [9.17, 15) is 13.2 Å². The lowest BCUT2D eigenvalue weighted by atomic mass is 9.84. The van der Waals surface area contributed by atoms with Crippen LogP contribution >= 0.6 is 0 Å². The third-order valence-corrected chi connectivity index (χ3v) is 3.23. The Labute approximate surface area is 89.4 Å². The van der Waals surface area contributed by atoms with E-state index in [0.29, 0.717) is 12.3 Å². The fourth-order valence-corrected chi connectivity index (χ4v) is 2.41. The minimum atomic E-state index is -4.04. The highest BCUT2D eigenvalue weighted by molar-refractivity contribution is 4.75. The van der Waals surface area contributed by atoms with Crippen molar-refractivity contribution in [2.45, 2.75) is 57.2 Å². The van der Waals surface area contributed by atoms with Crippen LogP contribution < -0.4 is 5.32 Å². The zero-order valence-corrected chi connectivity index (χ0v) is 9.24. The maximum atomic E-state index is 12.2. The highest BCUT2D eigenvalue weighted by Crippen LogP contribution is 2.30. The Morgan fingerprint density at radius 1 is 1.20 bits per heavy atom. The van der Waals surface area contributed by atoms with Crippen molar-refractivity contribution >= 4 is 0 Å². The zero-order valence-electron chi connectivity index (χ0n) is 9.24. The maximum Gasteiger partial charge on any atom is 0.390 e. The van der Waals surface area contributed by atoms with Crippen LogP contribution in [0, 0.1) is 5.92 Å². The summed E-state index contributed by atoms with van der Waals surface area (Å²) in [7, 11) is 1.62. The summed E-state index contributed by atoms with van der Waals surface area (Å²) < 4.78 is 36.6. The summed E-state index contributed by atoms with van der Waals surface area (Å²) in [6.07, 6.45) is 1.78. The molecule has 1 nitrogen and oxygen atoms in total. The molecule has 1 rings (SSSR count). The molecule has 90 valence electrons. The van der Waals surface area contributed by atoms with E-state index in [4.69, 9.17) is 0 Å². The van der Waals surface area contributed by atoms with E-state index in [-0.39, 0.29) is 0 Å². The van der Waals surface area contributed by atoms with E-state index in [1.807, 2.05) is 0 Å². The monoisotopic (exact) mass is 223 g/mol. The van der Waals surface area contributed by atoms with E-state index in [2.05, 4.69) is 5.32 Å². The predicted octanol–water partition coefficient (Wildman–Crippen LogP) is 3.50. The SMILES string of the molecule is CNC(CC1CCCCC1)CC(F)(F)F. The number of hydrogen-bond donors (Lipinski definition) is 1. The van der Waals surface area contributed by atoms with E-state index >= 15 is 0 Å². The smallest absolute Gasteiger partial charge is 0.317 e. The van der Waals surface area contributed by atoms with Gasteiger partial charge in [-0.1, -0.05) is 32.1 Å². The van der Waals surface area contributed by atoms with Gasteiger partial charge in [-0.05, 0) is 19.4 Å². The molecule has 0 aromatic rings. The van der Waals surface area contributed by atoms with Gasteiger partial charge in [-0.3, -0.25) is 0 Å². The fourth-order valence-electron chi connectivity index (χ4n) is 2.41. The van der Waals surface area contributed by atoms with Crippen molar-refractivity contribution in [1.29, 1.82) is 0 Å². The Balaban J connectivity index is 2.31. The molecular weight excluding hydrogens is 203 g/mol. The Bertz CT molecular complexity index is 173. The average molecular weight is 223 g/mol. The molecule has 15 heavy (non-hydrogen) atoms. The third-order valence-electron chi connectivity index (χ3n) is 3.23. The van der Waals surface area contributed by atoms with Gasteiger partial charge < -0.3 is 5.32 Å². The van der Waals surface area contributed by atoms with Gasteiger partial charge in [0, 0.05) is 6.04 Å². The maximum absolute atomic E-state index is 12.2. The largest absolute Gasteiger partial charge is 0.390 e. The molecule has 4 heteroatoms. The summed E-state index contributed by atoms with van der Waals surface area (Å²) in [5.41, 5.74) is 0. The second kappa shape index (κ2) is 5.73. The van der Waals surface area contributed by atoms with Gasteiger partial charge in [0.25, 0.3) is 0 Å². The molecule has 0 aromatic carbocycles. The van der Waals surface area contributed by atoms with Crippen molar-refractivity contribution in [3.63, 3.8) is 0 Å². The van der Waals surface area contributed by atoms with Crippen LogP contribution in [0.15, 0.2) is 0 Å². The van der Waals surface area contributed by atoms with Gasteiger partial charge in [0.1, 0.15) is 0 Å². The summed E-state index contributed by atoms with van der Waals surface area (Å²) in [6.45, 7) is 0. The highest BCUT2D eigenvalue weighted by Gasteiger charge is 2.32. The second-order valence-corrected chi connectivity index (χ2v) is 4.54. The number of hydrogen-bond acceptors (Lipinski definition) is 1. The van der Waals surface area contributed by atoms with Gasteiger partial charge in [-0.15, -0.1) is 0 Å². The van der Waals surface area contributed by atoms with Crippen LogP contribution in [0.1, 0.15) is 44.9 Å². The first-order valence-corrected chi connectivity index (χ1v) is 5.75. The standard InChI is InChI=1S/C11H20F3N/c1-15-10(8-11(12,13)14)7-9-5-3-2-4-6-9/h9-10,15H,2-8H2,1H3. The van der Waals surface area contributed by atoms with Gasteiger partial charge in [0.2, 0.25) is 0 Å². The second-order valence-electron chi connectivity index (χ2n) is 4.54. The fraction of sp³-hybridized carbons (Fsp3) is 1.00.